The van der Waals surface area contributed by atoms with Crippen LogP contribution in [-0.2, 0) is 116 Å². The van der Waals surface area contributed by atoms with Crippen LogP contribution >= 0.6 is 0 Å². The van der Waals surface area contributed by atoms with Crippen molar-refractivity contribution in [2.75, 3.05) is 85.9 Å². The fourth-order valence-corrected chi connectivity index (χ4v) is 12.5. The Kier molecular flexibility index (Phi) is 39.8. The van der Waals surface area contributed by atoms with Gasteiger partial charge in [-0.1, -0.05) is 0 Å². The number of aromatic nitrogens is 9. The molecule has 0 saturated heterocycles. The van der Waals surface area contributed by atoms with E-state index in [1.165, 1.54) is 97.1 Å². The standard InChI is InChI=1S/C97H101N9O33/c1-13-119-86(107)74-36-68(37-75(101-74)87(108)120-14-2)131-26-25-59-30-65(31-60(98-59)51-135-69-38-76(88(109)121-15-3)102-77(39-69)89(110)122-16-4)132-48-56-27-57(49-133-66-32-61(52-136-70-40-78(90(111)123-17-5)103-79(41-70)91(112)124-18-6)99-62(33-66)53-137-71-42-80(92(113)125-19-7)104-81(43-71)93(114)126-20-8)29-58(28-56)50-134-67-34-63(54-138-72-44-82(94(115)127-21-9)105-83(45-72)95(116)128-22-10)100-64(35-67)55-139-73-46-84(96(117)129-23-11)106-85(47-73)97(118)130-24-12/h27-47H,13-26,48-55H2,1-12H3. The van der Waals surface area contributed by atoms with Crippen molar-refractivity contribution in [3.05, 3.63) is 247 Å². The molecule has 42 heteroatoms. The molecular formula is C97H101N9O33. The second-order valence-corrected chi connectivity index (χ2v) is 28.5. The molecule has 0 spiro atoms. The average Bonchev–Trinajstić information content (AvgIpc) is 0.800. The lowest BCUT2D eigenvalue weighted by Crippen LogP contribution is -2.14. The molecule has 9 heterocycles. The fourth-order valence-electron chi connectivity index (χ4n) is 12.5. The van der Waals surface area contributed by atoms with E-state index in [1.54, 1.807) is 113 Å². The summed E-state index contributed by atoms with van der Waals surface area (Å²) in [5, 5.41) is 0. The van der Waals surface area contributed by atoms with E-state index in [4.69, 9.17) is 114 Å². The van der Waals surface area contributed by atoms with Crippen LogP contribution in [0, 0.1) is 0 Å². The normalized spacial score (nSPS) is 10.7. The van der Waals surface area contributed by atoms with Crippen molar-refractivity contribution in [1.82, 2.24) is 44.9 Å². The molecular weight excluding hydrogens is 1820 g/mol. The molecule has 0 bridgehead atoms. The van der Waals surface area contributed by atoms with Gasteiger partial charge in [0.2, 0.25) is 0 Å². The van der Waals surface area contributed by atoms with Crippen LogP contribution in [0.4, 0.5) is 0 Å². The van der Waals surface area contributed by atoms with Crippen LogP contribution in [0.3, 0.4) is 0 Å². The molecule has 1 aromatic carbocycles. The number of esters is 12. The number of benzene rings is 1. The molecule has 10 rings (SSSR count). The summed E-state index contributed by atoms with van der Waals surface area (Å²) in [7, 11) is 0. The largest absolute Gasteiger partial charge is 0.493 e. The van der Waals surface area contributed by atoms with Crippen LogP contribution in [0.5, 0.6) is 51.7 Å². The maximum absolute atomic E-state index is 13.2. The highest BCUT2D eigenvalue weighted by Crippen LogP contribution is 2.31. The highest BCUT2D eigenvalue weighted by atomic mass is 16.6. The molecule has 10 aromatic rings. The van der Waals surface area contributed by atoms with E-state index in [9.17, 15) is 57.5 Å². The Morgan fingerprint density at radius 1 is 0.165 bits per heavy atom. The van der Waals surface area contributed by atoms with Crippen LogP contribution in [-0.4, -0.2) is 202 Å². The maximum Gasteiger partial charge on any atom is 0.357 e. The van der Waals surface area contributed by atoms with Crippen molar-refractivity contribution < 1.29 is 157 Å². The van der Waals surface area contributed by atoms with Gasteiger partial charge in [-0.3, -0.25) is 15.0 Å². The third-order valence-electron chi connectivity index (χ3n) is 18.2. The predicted molar refractivity (Wildman–Crippen MR) is 480 cm³/mol. The van der Waals surface area contributed by atoms with E-state index in [0.29, 0.717) is 22.4 Å². The zero-order valence-corrected chi connectivity index (χ0v) is 78.2. The minimum atomic E-state index is -0.863. The van der Waals surface area contributed by atoms with Crippen LogP contribution < -0.4 is 42.6 Å². The quantitative estimate of drug-likeness (QED) is 0.0252. The molecule has 0 amide bonds. The van der Waals surface area contributed by atoms with Crippen molar-refractivity contribution >= 4 is 71.6 Å². The Morgan fingerprint density at radius 3 is 0.468 bits per heavy atom. The number of nitrogens with zero attached hydrogens (tertiary/aromatic N) is 9. The zero-order chi connectivity index (χ0) is 99.9. The molecule has 139 heavy (non-hydrogen) atoms. The molecule has 0 aliphatic carbocycles. The number of ether oxygens (including phenoxy) is 21. The number of carbonyl (C=O) groups excluding carboxylic acids is 12. The highest BCUT2D eigenvalue weighted by molar-refractivity contribution is 5.97. The van der Waals surface area contributed by atoms with Gasteiger partial charge in [0.15, 0.2) is 68.3 Å². The summed E-state index contributed by atoms with van der Waals surface area (Å²) in [6, 6.07) is 29.9. The van der Waals surface area contributed by atoms with E-state index < -0.39 is 71.6 Å². The van der Waals surface area contributed by atoms with E-state index in [-0.39, 0.29) is 294 Å². The van der Waals surface area contributed by atoms with Gasteiger partial charge in [-0.15, -0.1) is 0 Å². The van der Waals surface area contributed by atoms with Crippen LogP contribution in [0.1, 0.15) is 260 Å². The number of pyridine rings is 9. The number of hydrogen-bond acceptors (Lipinski definition) is 42. The molecule has 732 valence electrons. The molecule has 0 aliphatic rings. The number of carbonyl (C=O) groups is 12. The van der Waals surface area contributed by atoms with Crippen LogP contribution in [0.2, 0.25) is 0 Å². The molecule has 0 saturated carbocycles. The van der Waals surface area contributed by atoms with Crippen LogP contribution in [0.15, 0.2) is 127 Å². The number of rotatable bonds is 52. The molecule has 0 fully saturated rings. The van der Waals surface area contributed by atoms with Gasteiger partial charge >= 0.3 is 71.6 Å². The van der Waals surface area contributed by atoms with Gasteiger partial charge in [0, 0.05) is 121 Å². The second-order valence-electron chi connectivity index (χ2n) is 28.5. The van der Waals surface area contributed by atoms with Gasteiger partial charge < -0.3 is 99.5 Å². The molecule has 0 radical (unpaired) electrons. The van der Waals surface area contributed by atoms with Gasteiger partial charge in [0.25, 0.3) is 0 Å². The first kappa shape index (κ1) is 104. The summed E-state index contributed by atoms with van der Waals surface area (Å²) in [6.45, 7) is 16.1. The predicted octanol–water partition coefficient (Wildman–Crippen LogP) is 12.6. The molecule has 0 N–H and O–H groups in total. The third-order valence-corrected chi connectivity index (χ3v) is 18.2. The van der Waals surface area contributed by atoms with Gasteiger partial charge in [0.1, 0.15) is 105 Å². The molecule has 0 unspecified atom stereocenters. The van der Waals surface area contributed by atoms with Crippen molar-refractivity contribution in [1.29, 1.82) is 0 Å². The minimum absolute atomic E-state index is 0.00274. The molecule has 0 aliphatic heterocycles. The summed E-state index contributed by atoms with van der Waals surface area (Å²) >= 11 is 0. The van der Waals surface area contributed by atoms with Gasteiger partial charge in [-0.25, -0.2) is 87.4 Å². The summed E-state index contributed by atoms with van der Waals surface area (Å²) in [6.07, 6.45) is 0.0210. The molecule has 9 aromatic heterocycles. The van der Waals surface area contributed by atoms with Gasteiger partial charge in [-0.05, 0) is 118 Å². The van der Waals surface area contributed by atoms with Crippen molar-refractivity contribution in [2.45, 2.75) is 142 Å². The van der Waals surface area contributed by atoms with Crippen molar-refractivity contribution in [2.24, 2.45) is 0 Å². The van der Waals surface area contributed by atoms with Crippen molar-refractivity contribution in [3.8, 4) is 51.7 Å². The lowest BCUT2D eigenvalue weighted by Gasteiger charge is -2.16. The van der Waals surface area contributed by atoms with Crippen LogP contribution in [0.25, 0.3) is 0 Å². The lowest BCUT2D eigenvalue weighted by atomic mass is 10.1. The summed E-state index contributed by atoms with van der Waals surface area (Å²) in [5.41, 5.74) is -0.498. The minimum Gasteiger partial charge on any atom is -0.493 e. The van der Waals surface area contributed by atoms with Gasteiger partial charge in [0.05, 0.1) is 114 Å². The lowest BCUT2D eigenvalue weighted by molar-refractivity contribution is 0.0491. The Labute approximate surface area is 796 Å². The SMILES string of the molecule is CCOC(=O)c1cc(OCCc2cc(OCc3cc(COc4cc(COc5cc(C(=O)OCC)nc(C(=O)OCC)c5)nc(COc5cc(C(=O)OCC)nc(C(=O)OCC)c5)c4)cc(COc4cc(COc5cc(C(=O)OCC)nc(C(=O)OCC)c5)nc(COc5cc(C(=O)OCC)nc(C(=O)OCC)c5)c4)c3)cc(COc3cc(C(=O)OCC)nc(C(=O)OCC)c3)n2)cc(C(=O)OCC)n1. The summed E-state index contributed by atoms with van der Waals surface area (Å²) in [4.78, 5) is 197. The van der Waals surface area contributed by atoms with E-state index in [1.807, 2.05) is 0 Å². The van der Waals surface area contributed by atoms with E-state index >= 15 is 0 Å². The average molecular weight is 1920 g/mol. The number of hydrogen-bond donors (Lipinski definition) is 0. The van der Waals surface area contributed by atoms with E-state index in [0.717, 1.165) is 0 Å². The third kappa shape index (κ3) is 31.8. The van der Waals surface area contributed by atoms with Crippen molar-refractivity contribution in [3.63, 3.8) is 0 Å². The van der Waals surface area contributed by atoms with E-state index in [2.05, 4.69) is 29.9 Å². The maximum atomic E-state index is 13.2. The molecule has 42 nitrogen and oxygen atoms in total. The fraction of sp³-hybridized carbons (Fsp3) is 0.351. The topological polar surface area (TPSA) is 515 Å². The Balaban J connectivity index is 1.08. The molecule has 0 atom stereocenters. The Bertz CT molecular complexity index is 5420. The monoisotopic (exact) mass is 1920 g/mol. The Hall–Kier alpha value is -16.6. The first-order valence-corrected chi connectivity index (χ1v) is 44.1. The van der Waals surface area contributed by atoms with Gasteiger partial charge in [-0.2, -0.15) is 0 Å². The highest BCUT2D eigenvalue weighted by Gasteiger charge is 2.27. The smallest absolute Gasteiger partial charge is 0.357 e. The second kappa shape index (κ2) is 52.9. The summed E-state index contributed by atoms with van der Waals surface area (Å²) in [5.74, 6) is -9.85. The first-order valence-electron chi connectivity index (χ1n) is 44.1. The summed E-state index contributed by atoms with van der Waals surface area (Å²) < 4.78 is 120. The zero-order valence-electron chi connectivity index (χ0n) is 78.2. The Morgan fingerprint density at radius 2 is 0.302 bits per heavy atom. The first-order chi connectivity index (χ1) is 67.2.